The average Bonchev–Trinajstić information content (AvgIpc) is 2.40. The zero-order valence-corrected chi connectivity index (χ0v) is 5.83. The molecule has 0 saturated heterocycles. The summed E-state index contributed by atoms with van der Waals surface area (Å²) in [6.07, 6.45) is 3.63. The molecule has 3 heteroatoms. The van der Waals surface area contributed by atoms with Crippen LogP contribution in [-0.2, 0) is 6.54 Å². The number of hydrogen-bond donors (Lipinski definition) is 1. The van der Waals surface area contributed by atoms with Crippen molar-refractivity contribution >= 4 is 0 Å². The van der Waals surface area contributed by atoms with Crippen LogP contribution in [0.1, 0.15) is 0 Å². The van der Waals surface area contributed by atoms with E-state index < -0.39 is 0 Å². The topological polar surface area (TPSA) is 43.8 Å². The maximum atomic E-state index is 5.35. The maximum Gasteiger partial charge on any atom is 0.0628 e. The summed E-state index contributed by atoms with van der Waals surface area (Å²) in [5.41, 5.74) is 6.34. The molecular formula is C7H11N3. The summed E-state index contributed by atoms with van der Waals surface area (Å²) in [7, 11) is 0. The van der Waals surface area contributed by atoms with Crippen molar-refractivity contribution in [2.24, 2.45) is 5.73 Å². The minimum atomic E-state index is 0.528. The van der Waals surface area contributed by atoms with Crippen LogP contribution < -0.4 is 5.73 Å². The van der Waals surface area contributed by atoms with E-state index >= 15 is 0 Å². The number of rotatable bonds is 3. The Balaban J connectivity index is 2.48. The lowest BCUT2D eigenvalue weighted by Crippen LogP contribution is -2.09. The molecule has 0 aliphatic heterocycles. The highest BCUT2D eigenvalue weighted by Crippen LogP contribution is 1.92. The number of nitrogens with zero attached hydrogens (tertiary/aromatic N) is 2. The first-order valence-electron chi connectivity index (χ1n) is 3.17. The van der Waals surface area contributed by atoms with Crippen molar-refractivity contribution in [3.63, 3.8) is 0 Å². The Bertz CT molecular complexity index is 201. The number of aromatic nitrogens is 2. The lowest BCUT2D eigenvalue weighted by molar-refractivity contribution is 0.670. The smallest absolute Gasteiger partial charge is 0.0628 e. The Morgan fingerprint density at radius 2 is 2.50 bits per heavy atom. The molecule has 0 aliphatic carbocycles. The van der Waals surface area contributed by atoms with E-state index in [-0.39, 0.29) is 0 Å². The van der Waals surface area contributed by atoms with E-state index in [0.717, 1.165) is 12.1 Å². The van der Waals surface area contributed by atoms with Crippen LogP contribution in [-0.4, -0.2) is 16.3 Å². The van der Waals surface area contributed by atoms with Crippen LogP contribution >= 0.6 is 0 Å². The Morgan fingerprint density at radius 3 is 3.00 bits per heavy atom. The normalized spacial score (nSPS) is 9.70. The van der Waals surface area contributed by atoms with Crippen LogP contribution in [0.3, 0.4) is 0 Å². The Morgan fingerprint density at radius 1 is 1.70 bits per heavy atom. The summed E-state index contributed by atoms with van der Waals surface area (Å²) >= 11 is 0. The molecule has 0 saturated carbocycles. The van der Waals surface area contributed by atoms with Crippen molar-refractivity contribution in [1.82, 2.24) is 9.78 Å². The van der Waals surface area contributed by atoms with Crippen LogP contribution in [0.4, 0.5) is 0 Å². The lowest BCUT2D eigenvalue weighted by Gasteiger charge is -2.00. The molecule has 0 fully saturated rings. The highest BCUT2D eigenvalue weighted by atomic mass is 15.3. The Hall–Kier alpha value is -1.09. The van der Waals surface area contributed by atoms with Gasteiger partial charge in [-0.05, 0) is 11.6 Å². The molecule has 3 nitrogen and oxygen atoms in total. The molecule has 0 atom stereocenters. The van der Waals surface area contributed by atoms with Gasteiger partial charge in [-0.25, -0.2) is 0 Å². The molecule has 0 radical (unpaired) electrons. The van der Waals surface area contributed by atoms with Crippen LogP contribution in [0.25, 0.3) is 0 Å². The number of nitrogens with two attached hydrogens (primary N) is 1. The molecule has 1 rings (SSSR count). The van der Waals surface area contributed by atoms with E-state index in [9.17, 15) is 0 Å². The van der Waals surface area contributed by atoms with Gasteiger partial charge in [-0.3, -0.25) is 4.68 Å². The van der Waals surface area contributed by atoms with Gasteiger partial charge in [0.15, 0.2) is 0 Å². The van der Waals surface area contributed by atoms with Gasteiger partial charge in [0, 0.05) is 18.9 Å². The first kappa shape index (κ1) is 7.02. The zero-order chi connectivity index (χ0) is 7.40. The Labute approximate surface area is 60.1 Å². The Kier molecular flexibility index (Phi) is 2.23. The van der Waals surface area contributed by atoms with Crippen molar-refractivity contribution in [3.8, 4) is 0 Å². The predicted octanol–water partition coefficient (Wildman–Crippen LogP) is 0.398. The minimum absolute atomic E-state index is 0.528. The van der Waals surface area contributed by atoms with Gasteiger partial charge in [0.2, 0.25) is 0 Å². The molecule has 10 heavy (non-hydrogen) atoms. The van der Waals surface area contributed by atoms with Crippen molar-refractivity contribution in [2.45, 2.75) is 6.54 Å². The van der Waals surface area contributed by atoms with Crippen LogP contribution in [0.5, 0.6) is 0 Å². The van der Waals surface area contributed by atoms with E-state index in [1.807, 2.05) is 12.3 Å². The standard InChI is InChI=1S/C7H11N3/c1-7(5-8)6-10-4-2-3-9-10/h2-4H,1,5-6,8H2. The van der Waals surface area contributed by atoms with Crippen LogP contribution in [0.15, 0.2) is 30.6 Å². The molecular weight excluding hydrogens is 126 g/mol. The second-order valence-corrected chi connectivity index (χ2v) is 2.16. The summed E-state index contributed by atoms with van der Waals surface area (Å²) in [6.45, 7) is 5.02. The monoisotopic (exact) mass is 137 g/mol. The molecule has 0 aromatic carbocycles. The van der Waals surface area contributed by atoms with E-state index in [0.29, 0.717) is 6.54 Å². The summed E-state index contributed by atoms with van der Waals surface area (Å²) in [4.78, 5) is 0. The first-order chi connectivity index (χ1) is 4.83. The quantitative estimate of drug-likeness (QED) is 0.613. The molecule has 1 aromatic rings. The van der Waals surface area contributed by atoms with Crippen molar-refractivity contribution in [3.05, 3.63) is 30.6 Å². The van der Waals surface area contributed by atoms with Gasteiger partial charge >= 0.3 is 0 Å². The van der Waals surface area contributed by atoms with Crippen molar-refractivity contribution in [1.29, 1.82) is 0 Å². The molecule has 0 spiro atoms. The molecule has 0 amide bonds. The third-order valence-corrected chi connectivity index (χ3v) is 1.23. The fourth-order valence-electron chi connectivity index (χ4n) is 0.688. The molecule has 0 aliphatic rings. The van der Waals surface area contributed by atoms with E-state index in [1.165, 1.54) is 0 Å². The second-order valence-electron chi connectivity index (χ2n) is 2.16. The van der Waals surface area contributed by atoms with Gasteiger partial charge in [-0.2, -0.15) is 5.10 Å². The van der Waals surface area contributed by atoms with Gasteiger partial charge in [-0.15, -0.1) is 0 Å². The molecule has 1 heterocycles. The SMILES string of the molecule is C=C(CN)Cn1cccn1. The second kappa shape index (κ2) is 3.17. The van der Waals surface area contributed by atoms with Gasteiger partial charge in [0.05, 0.1) is 6.54 Å². The molecule has 0 unspecified atom stereocenters. The predicted molar refractivity (Wildman–Crippen MR) is 40.4 cm³/mol. The van der Waals surface area contributed by atoms with Crippen LogP contribution in [0.2, 0.25) is 0 Å². The summed E-state index contributed by atoms with van der Waals surface area (Å²) in [6, 6.07) is 1.88. The average molecular weight is 137 g/mol. The third-order valence-electron chi connectivity index (χ3n) is 1.23. The fraction of sp³-hybridized carbons (Fsp3) is 0.286. The van der Waals surface area contributed by atoms with Gasteiger partial charge in [-0.1, -0.05) is 6.58 Å². The number of hydrogen-bond acceptors (Lipinski definition) is 2. The van der Waals surface area contributed by atoms with Crippen molar-refractivity contribution < 1.29 is 0 Å². The summed E-state index contributed by atoms with van der Waals surface area (Å²) in [5, 5.41) is 4.00. The van der Waals surface area contributed by atoms with Crippen LogP contribution in [0, 0.1) is 0 Å². The van der Waals surface area contributed by atoms with E-state index in [2.05, 4.69) is 11.7 Å². The lowest BCUT2D eigenvalue weighted by atomic mass is 10.3. The largest absolute Gasteiger partial charge is 0.327 e. The maximum absolute atomic E-state index is 5.35. The van der Waals surface area contributed by atoms with Crippen molar-refractivity contribution in [2.75, 3.05) is 6.54 Å². The molecule has 1 aromatic heterocycles. The highest BCUT2D eigenvalue weighted by molar-refractivity contribution is 4.96. The van der Waals surface area contributed by atoms with Gasteiger partial charge < -0.3 is 5.73 Å². The molecule has 2 N–H and O–H groups in total. The van der Waals surface area contributed by atoms with Gasteiger partial charge in [0.1, 0.15) is 0 Å². The van der Waals surface area contributed by atoms with E-state index in [4.69, 9.17) is 5.73 Å². The molecule has 54 valence electrons. The zero-order valence-electron chi connectivity index (χ0n) is 5.83. The third kappa shape index (κ3) is 1.70. The van der Waals surface area contributed by atoms with Gasteiger partial charge in [0.25, 0.3) is 0 Å². The summed E-state index contributed by atoms with van der Waals surface area (Å²) in [5.74, 6) is 0. The first-order valence-corrected chi connectivity index (χ1v) is 3.17. The van der Waals surface area contributed by atoms with E-state index in [1.54, 1.807) is 10.9 Å². The minimum Gasteiger partial charge on any atom is -0.327 e. The molecule has 0 bridgehead atoms. The fourth-order valence-corrected chi connectivity index (χ4v) is 0.688. The summed E-state index contributed by atoms with van der Waals surface area (Å²) < 4.78 is 1.80. The highest BCUT2D eigenvalue weighted by Gasteiger charge is 1.91.